The fraction of sp³-hybridized carbons (Fsp3) is 0.333. The Morgan fingerprint density at radius 2 is 2.00 bits per heavy atom. The molecule has 1 atom stereocenters. The topological polar surface area (TPSA) is 166 Å². The summed E-state index contributed by atoms with van der Waals surface area (Å²) in [7, 11) is 0. The minimum atomic E-state index is -1.40. The summed E-state index contributed by atoms with van der Waals surface area (Å²) in [6.45, 7) is 0.359. The van der Waals surface area contributed by atoms with Crippen LogP contribution in [0.25, 0.3) is 0 Å². The Hall–Kier alpha value is -3.60. The Morgan fingerprint density at radius 1 is 1.24 bits per heavy atom. The van der Waals surface area contributed by atoms with Crippen LogP contribution < -0.4 is 21.1 Å². The number of carboxylic acids is 1. The monoisotopic (exact) mass is 406 g/mol. The van der Waals surface area contributed by atoms with E-state index in [1.165, 1.54) is 6.07 Å². The molecule has 1 aromatic heterocycles. The Morgan fingerprint density at radius 3 is 2.69 bits per heavy atom. The van der Waals surface area contributed by atoms with E-state index in [4.69, 9.17) is 19.7 Å². The van der Waals surface area contributed by atoms with Crippen LogP contribution in [0.15, 0.2) is 40.9 Å². The molecule has 0 spiro atoms. The highest BCUT2D eigenvalue weighted by Gasteiger charge is 2.23. The fourth-order valence-corrected chi connectivity index (χ4v) is 2.08. The first-order chi connectivity index (χ1) is 14.0. The number of carbonyl (C=O) groups excluding carboxylic acids is 2. The largest absolute Gasteiger partial charge is 0.480 e. The molecule has 0 fully saturated rings. The average Bonchev–Trinajstić information content (AvgIpc) is 3.19. The molecule has 2 amide bonds. The molecule has 0 unspecified atom stereocenters. The van der Waals surface area contributed by atoms with Gasteiger partial charge in [-0.2, -0.15) is 0 Å². The summed E-state index contributed by atoms with van der Waals surface area (Å²) >= 11 is 0. The van der Waals surface area contributed by atoms with Crippen LogP contribution >= 0.6 is 0 Å². The molecule has 2 aromatic rings. The van der Waals surface area contributed by atoms with Gasteiger partial charge in [0.1, 0.15) is 12.6 Å². The second kappa shape index (κ2) is 11.3. The minimum absolute atomic E-state index is 0.0175. The molecule has 5 N–H and O–H groups in total. The van der Waals surface area contributed by atoms with Crippen LogP contribution in [0.2, 0.25) is 0 Å². The van der Waals surface area contributed by atoms with E-state index < -0.39 is 30.6 Å². The molecular weight excluding hydrogens is 384 g/mol. The third kappa shape index (κ3) is 7.50. The summed E-state index contributed by atoms with van der Waals surface area (Å²) in [4.78, 5) is 35.2. The molecule has 0 aliphatic rings. The van der Waals surface area contributed by atoms with Crippen LogP contribution in [0.4, 0.5) is 4.79 Å². The zero-order chi connectivity index (χ0) is 21.1. The van der Waals surface area contributed by atoms with Gasteiger partial charge in [0.05, 0.1) is 12.7 Å². The predicted octanol–water partition coefficient (Wildman–Crippen LogP) is 0.512. The van der Waals surface area contributed by atoms with Gasteiger partial charge in [0.25, 0.3) is 11.8 Å². The Kier molecular flexibility index (Phi) is 8.45. The molecule has 0 aliphatic carbocycles. The number of aromatic nitrogens is 1. The van der Waals surface area contributed by atoms with Crippen LogP contribution in [0.3, 0.4) is 0 Å². The van der Waals surface area contributed by atoms with Gasteiger partial charge in [-0.15, -0.1) is 0 Å². The SMILES string of the molecule is NCCCOc1cc(C(=O)NC[C@H](NC(=O)OCc2ccccc2)C(=O)O)on1. The second-order valence-corrected chi connectivity index (χ2v) is 5.83. The van der Waals surface area contributed by atoms with Gasteiger partial charge in [-0.25, -0.2) is 9.59 Å². The molecule has 11 nitrogen and oxygen atoms in total. The molecule has 29 heavy (non-hydrogen) atoms. The number of alkyl carbamates (subject to hydrolysis) is 1. The highest BCUT2D eigenvalue weighted by atomic mass is 16.5. The molecule has 0 saturated carbocycles. The van der Waals surface area contributed by atoms with Gasteiger partial charge in [-0.05, 0) is 23.7 Å². The van der Waals surface area contributed by atoms with E-state index in [0.29, 0.717) is 19.6 Å². The lowest BCUT2D eigenvalue weighted by molar-refractivity contribution is -0.139. The van der Waals surface area contributed by atoms with E-state index >= 15 is 0 Å². The zero-order valence-corrected chi connectivity index (χ0v) is 15.5. The Bertz CT molecular complexity index is 810. The number of rotatable bonds is 11. The number of nitrogens with one attached hydrogen (secondary N) is 2. The van der Waals surface area contributed by atoms with Crippen molar-refractivity contribution in [3.05, 3.63) is 47.7 Å². The Balaban J connectivity index is 1.80. The second-order valence-electron chi connectivity index (χ2n) is 5.83. The molecule has 2 rings (SSSR count). The number of carboxylic acid groups (broad SMARTS) is 1. The number of benzene rings is 1. The molecule has 0 radical (unpaired) electrons. The first kappa shape index (κ1) is 21.7. The number of aliphatic carboxylic acids is 1. The van der Waals surface area contributed by atoms with Crippen molar-refractivity contribution in [1.29, 1.82) is 0 Å². The summed E-state index contributed by atoms with van der Waals surface area (Å²) < 4.78 is 15.0. The zero-order valence-electron chi connectivity index (χ0n) is 15.5. The van der Waals surface area contributed by atoms with Crippen molar-refractivity contribution < 1.29 is 33.5 Å². The normalized spacial score (nSPS) is 11.3. The maximum Gasteiger partial charge on any atom is 0.408 e. The third-order valence-corrected chi connectivity index (χ3v) is 3.58. The highest BCUT2D eigenvalue weighted by molar-refractivity contribution is 5.92. The van der Waals surface area contributed by atoms with Gasteiger partial charge in [-0.1, -0.05) is 30.3 Å². The van der Waals surface area contributed by atoms with Crippen molar-refractivity contribution in [3.8, 4) is 5.88 Å². The Labute approximate surface area is 166 Å². The van der Waals surface area contributed by atoms with E-state index in [-0.39, 0.29) is 18.2 Å². The minimum Gasteiger partial charge on any atom is -0.480 e. The van der Waals surface area contributed by atoms with Crippen molar-refractivity contribution in [2.45, 2.75) is 19.1 Å². The van der Waals surface area contributed by atoms with Crippen molar-refractivity contribution in [2.75, 3.05) is 19.7 Å². The molecule has 0 bridgehead atoms. The van der Waals surface area contributed by atoms with Gasteiger partial charge in [-0.3, -0.25) is 4.79 Å². The van der Waals surface area contributed by atoms with E-state index in [2.05, 4.69) is 15.8 Å². The average molecular weight is 406 g/mol. The first-order valence-electron chi connectivity index (χ1n) is 8.77. The van der Waals surface area contributed by atoms with Gasteiger partial charge in [0, 0.05) is 6.54 Å². The molecule has 156 valence electrons. The fourth-order valence-electron chi connectivity index (χ4n) is 2.08. The molecule has 1 aromatic carbocycles. The van der Waals surface area contributed by atoms with E-state index in [1.807, 2.05) is 6.07 Å². The van der Waals surface area contributed by atoms with Gasteiger partial charge in [0.15, 0.2) is 0 Å². The lowest BCUT2D eigenvalue weighted by Crippen LogP contribution is -2.48. The van der Waals surface area contributed by atoms with E-state index in [0.717, 1.165) is 5.56 Å². The van der Waals surface area contributed by atoms with Gasteiger partial charge < -0.3 is 35.5 Å². The molecule has 0 aliphatic heterocycles. The number of nitrogens with two attached hydrogens (primary N) is 1. The molecule has 0 saturated heterocycles. The molecular formula is C18H22N4O7. The summed E-state index contributed by atoms with van der Waals surface area (Å²) in [5, 5.41) is 17.3. The maximum absolute atomic E-state index is 12.1. The van der Waals surface area contributed by atoms with Gasteiger partial charge in [0.2, 0.25) is 5.76 Å². The number of nitrogens with zero attached hydrogens (tertiary/aromatic N) is 1. The quantitative estimate of drug-likeness (QED) is 0.389. The number of carbonyl (C=O) groups is 3. The first-order valence-corrected chi connectivity index (χ1v) is 8.77. The van der Waals surface area contributed by atoms with E-state index in [1.54, 1.807) is 24.3 Å². The summed E-state index contributed by atoms with van der Waals surface area (Å²) in [5.74, 6) is -2.10. The highest BCUT2D eigenvalue weighted by Crippen LogP contribution is 2.11. The lowest BCUT2D eigenvalue weighted by Gasteiger charge is -2.15. The van der Waals surface area contributed by atoms with Crippen molar-refractivity contribution >= 4 is 18.0 Å². The standard InChI is InChI=1S/C18H22N4O7/c19-7-4-8-27-15-9-14(29-22-15)16(23)20-10-13(17(24)25)21-18(26)28-11-12-5-2-1-3-6-12/h1-3,5-6,9,13H,4,7-8,10-11,19H2,(H,20,23)(H,21,26)(H,24,25)/t13-/m0/s1. The van der Waals surface area contributed by atoms with Crippen LogP contribution in [0.5, 0.6) is 5.88 Å². The van der Waals surface area contributed by atoms with Gasteiger partial charge >= 0.3 is 12.1 Å². The van der Waals surface area contributed by atoms with Crippen molar-refractivity contribution in [1.82, 2.24) is 15.8 Å². The summed E-state index contributed by atoms with van der Waals surface area (Å²) in [5.41, 5.74) is 6.09. The number of amides is 2. The number of ether oxygens (including phenoxy) is 2. The van der Waals surface area contributed by atoms with E-state index in [9.17, 15) is 19.5 Å². The number of hydrogen-bond acceptors (Lipinski definition) is 8. The van der Waals surface area contributed by atoms with Crippen LogP contribution in [-0.2, 0) is 16.1 Å². The summed E-state index contributed by atoms with van der Waals surface area (Å²) in [6.07, 6.45) is -0.313. The van der Waals surface area contributed by atoms with Crippen molar-refractivity contribution in [3.63, 3.8) is 0 Å². The third-order valence-electron chi connectivity index (χ3n) is 3.58. The number of hydrogen-bond donors (Lipinski definition) is 4. The van der Waals surface area contributed by atoms with Crippen LogP contribution in [0.1, 0.15) is 22.5 Å². The van der Waals surface area contributed by atoms with Crippen molar-refractivity contribution in [2.24, 2.45) is 5.73 Å². The smallest absolute Gasteiger partial charge is 0.408 e. The molecule has 11 heteroatoms. The van der Waals surface area contributed by atoms with Crippen LogP contribution in [0, 0.1) is 0 Å². The van der Waals surface area contributed by atoms with Crippen LogP contribution in [-0.4, -0.2) is 54.0 Å². The summed E-state index contributed by atoms with van der Waals surface area (Å²) in [6, 6.07) is 8.76. The molecule has 1 heterocycles. The lowest BCUT2D eigenvalue weighted by atomic mass is 10.2. The maximum atomic E-state index is 12.1. The predicted molar refractivity (Wildman–Crippen MR) is 99.2 cm³/mol.